The third kappa shape index (κ3) is 4.44. The minimum atomic E-state index is -0.678. The summed E-state index contributed by atoms with van der Waals surface area (Å²) in [7, 11) is 0. The van der Waals surface area contributed by atoms with Gasteiger partial charge in [0.15, 0.2) is 0 Å². The van der Waals surface area contributed by atoms with E-state index in [1.54, 1.807) is 26.0 Å². The fraction of sp³-hybridized carbons (Fsp3) is 0.308. The highest BCUT2D eigenvalue weighted by molar-refractivity contribution is 6.08. The Kier molecular flexibility index (Phi) is 6.24. The number of aliphatic imine (C=N–C) groups is 1. The molecule has 1 unspecified atom stereocenters. The van der Waals surface area contributed by atoms with Gasteiger partial charge in [0.2, 0.25) is 5.90 Å². The lowest BCUT2D eigenvalue weighted by Crippen LogP contribution is -2.32. The molecule has 2 aromatic carbocycles. The van der Waals surface area contributed by atoms with Gasteiger partial charge in [0, 0.05) is 17.8 Å². The summed E-state index contributed by atoms with van der Waals surface area (Å²) in [5.74, 6) is -0.767. The normalized spacial score (nSPS) is 19.3. The average molecular weight is 462 g/mol. The van der Waals surface area contributed by atoms with Crippen LogP contribution < -0.4 is 5.32 Å². The number of nitrogens with one attached hydrogen (secondary N) is 1. The Morgan fingerprint density at radius 1 is 1.24 bits per heavy atom. The van der Waals surface area contributed by atoms with E-state index < -0.39 is 22.3 Å². The fourth-order valence-electron chi connectivity index (χ4n) is 4.24. The number of ether oxygens (including phenoxy) is 2. The molecule has 4 rings (SSSR count). The molecule has 0 bridgehead atoms. The van der Waals surface area contributed by atoms with Crippen LogP contribution in [0.25, 0.3) is 5.70 Å². The highest BCUT2D eigenvalue weighted by Gasteiger charge is 2.41. The number of hydrogen-bond acceptors (Lipinski definition) is 7. The molecule has 2 heterocycles. The number of hydrogen-bond donors (Lipinski definition) is 1. The number of carbonyl (C=O) groups is 1. The first kappa shape index (κ1) is 23.2. The number of rotatable bonds is 6. The number of allylic oxidation sites excluding steroid dienone is 1. The van der Waals surface area contributed by atoms with Crippen LogP contribution in [-0.4, -0.2) is 35.5 Å². The molecular formula is C26H27N3O5. The Bertz CT molecular complexity index is 1230. The summed E-state index contributed by atoms with van der Waals surface area (Å²) >= 11 is 0. The van der Waals surface area contributed by atoms with Crippen molar-refractivity contribution in [1.82, 2.24) is 5.32 Å². The summed E-state index contributed by atoms with van der Waals surface area (Å²) < 4.78 is 11.5. The lowest BCUT2D eigenvalue weighted by molar-refractivity contribution is -0.384. The van der Waals surface area contributed by atoms with Gasteiger partial charge >= 0.3 is 5.97 Å². The van der Waals surface area contributed by atoms with E-state index in [1.165, 1.54) is 12.1 Å². The Balaban J connectivity index is 2.02. The summed E-state index contributed by atoms with van der Waals surface area (Å²) in [5, 5.41) is 14.9. The number of dihydropyridines is 1. The Morgan fingerprint density at radius 3 is 2.59 bits per heavy atom. The first-order valence-electron chi connectivity index (χ1n) is 11.1. The van der Waals surface area contributed by atoms with Crippen LogP contribution in [0, 0.1) is 10.1 Å². The number of benzene rings is 2. The van der Waals surface area contributed by atoms with E-state index >= 15 is 0 Å². The van der Waals surface area contributed by atoms with Crippen molar-refractivity contribution in [3.8, 4) is 0 Å². The van der Waals surface area contributed by atoms with Crippen molar-refractivity contribution in [3.63, 3.8) is 0 Å². The summed E-state index contributed by atoms with van der Waals surface area (Å²) in [4.78, 5) is 29.1. The minimum absolute atomic E-state index is 0.0629. The van der Waals surface area contributed by atoms with Crippen molar-refractivity contribution < 1.29 is 19.2 Å². The van der Waals surface area contributed by atoms with Crippen LogP contribution in [0.4, 0.5) is 5.69 Å². The van der Waals surface area contributed by atoms with Gasteiger partial charge in [-0.25, -0.2) is 9.79 Å². The molecule has 0 saturated heterocycles. The monoisotopic (exact) mass is 461 g/mol. The third-order valence-corrected chi connectivity index (χ3v) is 5.73. The largest absolute Gasteiger partial charge is 0.475 e. The van der Waals surface area contributed by atoms with Crippen LogP contribution in [0.2, 0.25) is 0 Å². The predicted molar refractivity (Wildman–Crippen MR) is 129 cm³/mol. The highest BCUT2D eigenvalue weighted by Crippen LogP contribution is 2.44. The standard InChI is InChI=1S/C26H27N3O5/c1-5-33-25(30)20-16(2)27-23(17-10-7-6-8-11-17)22(24-28-26(3,4)15-34-24)21(20)18-12-9-13-19(14-18)29(31)32/h6-14,21,27H,5,15H2,1-4H3. The highest BCUT2D eigenvalue weighted by atomic mass is 16.6. The molecule has 34 heavy (non-hydrogen) atoms. The maximum absolute atomic E-state index is 13.2. The van der Waals surface area contributed by atoms with Crippen molar-refractivity contribution in [2.75, 3.05) is 13.2 Å². The molecule has 8 nitrogen and oxygen atoms in total. The number of carbonyl (C=O) groups excluding carboxylic acids is 1. The van der Waals surface area contributed by atoms with Crippen molar-refractivity contribution in [2.45, 2.75) is 39.2 Å². The molecule has 0 fully saturated rings. The molecule has 0 spiro atoms. The van der Waals surface area contributed by atoms with E-state index in [-0.39, 0.29) is 12.3 Å². The second kappa shape index (κ2) is 9.13. The number of non-ortho nitro benzene ring substituents is 1. The van der Waals surface area contributed by atoms with Gasteiger partial charge in [0.25, 0.3) is 5.69 Å². The Hall–Kier alpha value is -3.94. The van der Waals surface area contributed by atoms with Crippen LogP contribution in [-0.2, 0) is 14.3 Å². The zero-order valence-corrected chi connectivity index (χ0v) is 19.6. The van der Waals surface area contributed by atoms with Crippen molar-refractivity contribution >= 4 is 23.3 Å². The lowest BCUT2D eigenvalue weighted by Gasteiger charge is -2.32. The Morgan fingerprint density at radius 2 is 1.97 bits per heavy atom. The van der Waals surface area contributed by atoms with E-state index in [2.05, 4.69) is 5.32 Å². The molecule has 0 aliphatic carbocycles. The van der Waals surface area contributed by atoms with Gasteiger partial charge in [-0.15, -0.1) is 0 Å². The summed E-state index contributed by atoms with van der Waals surface area (Å²) in [5.41, 5.74) is 3.31. The maximum Gasteiger partial charge on any atom is 0.336 e. The molecule has 1 N–H and O–H groups in total. The first-order valence-corrected chi connectivity index (χ1v) is 11.1. The summed E-state index contributed by atoms with van der Waals surface area (Å²) in [6.07, 6.45) is 0. The predicted octanol–water partition coefficient (Wildman–Crippen LogP) is 4.74. The van der Waals surface area contributed by atoms with Gasteiger partial charge in [-0.2, -0.15) is 0 Å². The van der Waals surface area contributed by atoms with Gasteiger partial charge in [0.05, 0.1) is 39.8 Å². The molecule has 2 aromatic rings. The number of esters is 1. The molecule has 0 aromatic heterocycles. The molecule has 2 aliphatic rings. The van der Waals surface area contributed by atoms with Crippen LogP contribution in [0.15, 0.2) is 76.4 Å². The molecular weight excluding hydrogens is 434 g/mol. The van der Waals surface area contributed by atoms with Gasteiger partial charge in [-0.3, -0.25) is 10.1 Å². The van der Waals surface area contributed by atoms with Crippen LogP contribution in [0.5, 0.6) is 0 Å². The summed E-state index contributed by atoms with van der Waals surface area (Å²) in [6.45, 7) is 8.06. The SMILES string of the molecule is CCOC(=O)C1=C(C)NC(c2ccccc2)=C(C2=NC(C)(C)CO2)C1c1cccc([N+](=O)[O-])c1. The van der Waals surface area contributed by atoms with Gasteiger partial charge < -0.3 is 14.8 Å². The smallest absolute Gasteiger partial charge is 0.336 e. The Labute approximate surface area is 198 Å². The van der Waals surface area contributed by atoms with E-state index in [0.29, 0.717) is 34.9 Å². The molecule has 8 heteroatoms. The van der Waals surface area contributed by atoms with E-state index in [1.807, 2.05) is 44.2 Å². The third-order valence-electron chi connectivity index (χ3n) is 5.73. The second-order valence-corrected chi connectivity index (χ2v) is 8.84. The fourth-order valence-corrected chi connectivity index (χ4v) is 4.24. The number of nitro groups is 1. The van der Waals surface area contributed by atoms with Gasteiger partial charge in [0.1, 0.15) is 6.61 Å². The van der Waals surface area contributed by atoms with Crippen LogP contribution in [0.3, 0.4) is 0 Å². The number of nitro benzene ring substituents is 1. The molecule has 0 radical (unpaired) electrons. The van der Waals surface area contributed by atoms with Crippen molar-refractivity contribution in [2.24, 2.45) is 4.99 Å². The number of nitrogens with zero attached hydrogens (tertiary/aromatic N) is 2. The molecule has 0 saturated carbocycles. The van der Waals surface area contributed by atoms with E-state index in [9.17, 15) is 14.9 Å². The maximum atomic E-state index is 13.2. The van der Waals surface area contributed by atoms with Gasteiger partial charge in [-0.05, 0) is 38.8 Å². The van der Waals surface area contributed by atoms with Crippen LogP contribution in [0.1, 0.15) is 44.7 Å². The zero-order chi connectivity index (χ0) is 24.5. The minimum Gasteiger partial charge on any atom is -0.475 e. The van der Waals surface area contributed by atoms with E-state index in [4.69, 9.17) is 14.5 Å². The first-order chi connectivity index (χ1) is 16.2. The average Bonchev–Trinajstić information content (AvgIpc) is 3.18. The van der Waals surface area contributed by atoms with E-state index in [0.717, 1.165) is 11.3 Å². The molecule has 176 valence electrons. The second-order valence-electron chi connectivity index (χ2n) is 8.84. The van der Waals surface area contributed by atoms with Crippen LogP contribution >= 0.6 is 0 Å². The zero-order valence-electron chi connectivity index (χ0n) is 19.6. The summed E-state index contributed by atoms with van der Waals surface area (Å²) in [6, 6.07) is 16.0. The lowest BCUT2D eigenvalue weighted by atomic mass is 9.79. The van der Waals surface area contributed by atoms with Crippen molar-refractivity contribution in [1.29, 1.82) is 0 Å². The van der Waals surface area contributed by atoms with Crippen molar-refractivity contribution in [3.05, 3.63) is 92.7 Å². The molecule has 0 amide bonds. The quantitative estimate of drug-likeness (QED) is 0.379. The topological polar surface area (TPSA) is 103 Å². The molecule has 1 atom stereocenters. The molecule has 2 aliphatic heterocycles. The van der Waals surface area contributed by atoms with Gasteiger partial charge in [-0.1, -0.05) is 42.5 Å².